The summed E-state index contributed by atoms with van der Waals surface area (Å²) in [6.07, 6.45) is -0.559. The molecule has 0 bridgehead atoms. The zero-order valence-electron chi connectivity index (χ0n) is 13.7. The molecule has 0 unspecified atom stereocenters. The smallest absolute Gasteiger partial charge is 0.411 e. The number of carbonyl (C=O) groups is 2. The summed E-state index contributed by atoms with van der Waals surface area (Å²) >= 11 is 11.7. The summed E-state index contributed by atoms with van der Waals surface area (Å²) in [4.78, 5) is 27.9. The molecule has 132 valence electrons. The van der Waals surface area contributed by atoms with Crippen molar-refractivity contribution in [3.05, 3.63) is 52.3 Å². The van der Waals surface area contributed by atoms with E-state index in [0.717, 1.165) is 0 Å². The van der Waals surface area contributed by atoms with Crippen molar-refractivity contribution in [1.82, 2.24) is 4.98 Å². The van der Waals surface area contributed by atoms with Gasteiger partial charge in [-0.15, -0.1) is 0 Å². The molecule has 6 nitrogen and oxygen atoms in total. The molecule has 0 aliphatic heterocycles. The van der Waals surface area contributed by atoms with Gasteiger partial charge in [-0.05, 0) is 36.2 Å². The summed E-state index contributed by atoms with van der Waals surface area (Å²) in [5.41, 5.74) is 0.963. The minimum absolute atomic E-state index is 0.0175. The molecule has 0 saturated heterocycles. The largest absolute Gasteiger partial charge is 0.449 e. The van der Waals surface area contributed by atoms with Crippen LogP contribution in [0.3, 0.4) is 0 Å². The van der Waals surface area contributed by atoms with E-state index in [0.29, 0.717) is 18.0 Å². The van der Waals surface area contributed by atoms with E-state index in [9.17, 15) is 9.59 Å². The quantitative estimate of drug-likeness (QED) is 0.725. The Morgan fingerprint density at radius 1 is 1.12 bits per heavy atom. The molecule has 25 heavy (non-hydrogen) atoms. The maximum absolute atomic E-state index is 12.3. The molecule has 0 aliphatic carbocycles. The highest BCUT2D eigenvalue weighted by Gasteiger charge is 2.14. The molecular weight excluding hydrogens is 365 g/mol. The van der Waals surface area contributed by atoms with Gasteiger partial charge in [-0.2, -0.15) is 0 Å². The number of amides is 2. The van der Waals surface area contributed by atoms with Crippen molar-refractivity contribution in [2.45, 2.75) is 13.8 Å². The van der Waals surface area contributed by atoms with Gasteiger partial charge in [0, 0.05) is 11.4 Å². The van der Waals surface area contributed by atoms with Crippen molar-refractivity contribution >= 4 is 46.6 Å². The van der Waals surface area contributed by atoms with Crippen molar-refractivity contribution in [3.63, 3.8) is 0 Å². The number of anilines is 2. The van der Waals surface area contributed by atoms with Crippen LogP contribution in [-0.4, -0.2) is 23.6 Å². The van der Waals surface area contributed by atoms with Crippen LogP contribution in [0.4, 0.5) is 16.2 Å². The average Bonchev–Trinajstić information content (AvgIpc) is 2.55. The number of aromatic nitrogens is 1. The van der Waals surface area contributed by atoms with Crippen LogP contribution in [0.5, 0.6) is 0 Å². The fourth-order valence-corrected chi connectivity index (χ4v) is 2.18. The standard InChI is InChI=1S/C17H17Cl2N3O3/c1-10(2)9-25-17(24)21-12-5-3-4-11(8-12)20-16(23)15-13(18)6-7-14(19)22-15/h3-8,10H,9H2,1-2H3,(H,20,23)(H,21,24). The molecular formula is C17H17Cl2N3O3. The van der Waals surface area contributed by atoms with Crippen LogP contribution < -0.4 is 10.6 Å². The van der Waals surface area contributed by atoms with E-state index in [-0.39, 0.29) is 21.8 Å². The molecule has 1 aromatic heterocycles. The maximum Gasteiger partial charge on any atom is 0.411 e. The molecule has 0 atom stereocenters. The van der Waals surface area contributed by atoms with Crippen LogP contribution >= 0.6 is 23.2 Å². The van der Waals surface area contributed by atoms with Gasteiger partial charge in [-0.1, -0.05) is 43.1 Å². The minimum Gasteiger partial charge on any atom is -0.449 e. The third kappa shape index (κ3) is 5.92. The van der Waals surface area contributed by atoms with E-state index in [1.165, 1.54) is 12.1 Å². The van der Waals surface area contributed by atoms with E-state index in [1.807, 2.05) is 13.8 Å². The van der Waals surface area contributed by atoms with Gasteiger partial charge in [0.1, 0.15) is 10.8 Å². The first-order valence-corrected chi connectivity index (χ1v) is 8.28. The summed E-state index contributed by atoms with van der Waals surface area (Å²) in [6, 6.07) is 9.61. The lowest BCUT2D eigenvalue weighted by atomic mass is 10.2. The first-order chi connectivity index (χ1) is 11.8. The number of hydrogen-bond acceptors (Lipinski definition) is 4. The molecule has 0 spiro atoms. The molecule has 1 aromatic carbocycles. The van der Waals surface area contributed by atoms with Gasteiger partial charge < -0.3 is 10.1 Å². The third-order valence-corrected chi connectivity index (χ3v) is 3.46. The Morgan fingerprint density at radius 2 is 1.80 bits per heavy atom. The van der Waals surface area contributed by atoms with E-state index < -0.39 is 12.0 Å². The number of halogens is 2. The van der Waals surface area contributed by atoms with E-state index in [4.69, 9.17) is 27.9 Å². The van der Waals surface area contributed by atoms with Crippen LogP contribution in [0.25, 0.3) is 0 Å². The van der Waals surface area contributed by atoms with Crippen LogP contribution in [0.1, 0.15) is 24.3 Å². The number of rotatable bonds is 5. The Labute approximate surface area is 155 Å². The second-order valence-corrected chi connectivity index (χ2v) is 6.41. The van der Waals surface area contributed by atoms with Crippen molar-refractivity contribution in [1.29, 1.82) is 0 Å². The van der Waals surface area contributed by atoms with Gasteiger partial charge in [0.15, 0.2) is 0 Å². The molecule has 2 N–H and O–H groups in total. The molecule has 0 fully saturated rings. The van der Waals surface area contributed by atoms with E-state index in [2.05, 4.69) is 15.6 Å². The normalized spacial score (nSPS) is 10.4. The highest BCUT2D eigenvalue weighted by Crippen LogP contribution is 2.20. The molecule has 0 saturated carbocycles. The second kappa shape index (κ2) is 8.69. The fourth-order valence-electron chi connectivity index (χ4n) is 1.84. The molecule has 2 amide bonds. The van der Waals surface area contributed by atoms with Gasteiger partial charge in [0.25, 0.3) is 5.91 Å². The van der Waals surface area contributed by atoms with Crippen molar-refractivity contribution < 1.29 is 14.3 Å². The lowest BCUT2D eigenvalue weighted by molar-refractivity contribution is 0.102. The molecule has 0 radical (unpaired) electrons. The number of pyridine rings is 1. The SMILES string of the molecule is CC(C)COC(=O)Nc1cccc(NC(=O)c2nc(Cl)ccc2Cl)c1. The van der Waals surface area contributed by atoms with Crippen molar-refractivity contribution in [3.8, 4) is 0 Å². The number of benzene rings is 1. The molecule has 2 aromatic rings. The Bertz CT molecular complexity index is 781. The predicted molar refractivity (Wildman–Crippen MR) is 98.5 cm³/mol. The van der Waals surface area contributed by atoms with Crippen molar-refractivity contribution in [2.75, 3.05) is 17.2 Å². The zero-order chi connectivity index (χ0) is 18.4. The highest BCUT2D eigenvalue weighted by molar-refractivity contribution is 6.35. The predicted octanol–water partition coefficient (Wildman–Crippen LogP) is 4.85. The van der Waals surface area contributed by atoms with Crippen LogP contribution in [0, 0.1) is 5.92 Å². The summed E-state index contributed by atoms with van der Waals surface area (Å²) in [5.74, 6) is -0.265. The Balaban J connectivity index is 2.04. The highest BCUT2D eigenvalue weighted by atomic mass is 35.5. The topological polar surface area (TPSA) is 80.3 Å². The van der Waals surface area contributed by atoms with E-state index >= 15 is 0 Å². The number of carbonyl (C=O) groups excluding carboxylic acids is 2. The van der Waals surface area contributed by atoms with Gasteiger partial charge in [-0.25, -0.2) is 9.78 Å². The van der Waals surface area contributed by atoms with Gasteiger partial charge >= 0.3 is 6.09 Å². The third-order valence-electron chi connectivity index (χ3n) is 2.94. The first-order valence-electron chi connectivity index (χ1n) is 7.52. The number of nitrogens with zero attached hydrogens (tertiary/aromatic N) is 1. The fraction of sp³-hybridized carbons (Fsp3) is 0.235. The van der Waals surface area contributed by atoms with Crippen LogP contribution in [0.2, 0.25) is 10.2 Å². The lowest BCUT2D eigenvalue weighted by Crippen LogP contribution is -2.17. The second-order valence-electron chi connectivity index (χ2n) is 5.62. The van der Waals surface area contributed by atoms with Gasteiger partial charge in [-0.3, -0.25) is 10.1 Å². The molecule has 0 aliphatic rings. The number of nitrogens with one attached hydrogen (secondary N) is 2. The van der Waals surface area contributed by atoms with Crippen LogP contribution in [-0.2, 0) is 4.74 Å². The Kier molecular flexibility index (Phi) is 6.61. The average molecular weight is 382 g/mol. The number of hydrogen-bond donors (Lipinski definition) is 2. The number of ether oxygens (including phenoxy) is 1. The molecule has 2 rings (SSSR count). The summed E-state index contributed by atoms with van der Waals surface area (Å²) < 4.78 is 5.05. The van der Waals surface area contributed by atoms with Crippen LogP contribution in [0.15, 0.2) is 36.4 Å². The van der Waals surface area contributed by atoms with Gasteiger partial charge in [0.2, 0.25) is 0 Å². The summed E-state index contributed by atoms with van der Waals surface area (Å²) in [7, 11) is 0. The van der Waals surface area contributed by atoms with Crippen molar-refractivity contribution in [2.24, 2.45) is 5.92 Å². The molecule has 1 heterocycles. The summed E-state index contributed by atoms with van der Waals surface area (Å²) in [5, 5.41) is 5.60. The first kappa shape index (κ1) is 19.0. The summed E-state index contributed by atoms with van der Waals surface area (Å²) in [6.45, 7) is 4.21. The maximum atomic E-state index is 12.3. The zero-order valence-corrected chi connectivity index (χ0v) is 15.2. The monoisotopic (exact) mass is 381 g/mol. The van der Waals surface area contributed by atoms with E-state index in [1.54, 1.807) is 24.3 Å². The lowest BCUT2D eigenvalue weighted by Gasteiger charge is -2.10. The Hall–Kier alpha value is -2.31. The Morgan fingerprint density at radius 3 is 2.48 bits per heavy atom. The minimum atomic E-state index is -0.559. The van der Waals surface area contributed by atoms with Gasteiger partial charge in [0.05, 0.1) is 11.6 Å². The molecule has 8 heteroatoms.